The summed E-state index contributed by atoms with van der Waals surface area (Å²) in [7, 11) is 4.85. The number of methoxy groups -OCH3 is 3. The molecule has 5 rings (SSSR count). The van der Waals surface area contributed by atoms with Crippen LogP contribution in [0.15, 0.2) is 35.9 Å². The van der Waals surface area contributed by atoms with Crippen LogP contribution in [0.3, 0.4) is 0 Å². The average molecular weight is 643 g/mol. The van der Waals surface area contributed by atoms with Crippen LogP contribution in [0.2, 0.25) is 0 Å². The van der Waals surface area contributed by atoms with Crippen molar-refractivity contribution in [3.8, 4) is 5.75 Å². The van der Waals surface area contributed by atoms with Gasteiger partial charge < -0.3 is 38.3 Å². The van der Waals surface area contributed by atoms with Gasteiger partial charge in [-0.05, 0) is 73.3 Å². The molecule has 254 valence electrons. The van der Waals surface area contributed by atoms with Gasteiger partial charge in [0.05, 0.1) is 18.6 Å². The van der Waals surface area contributed by atoms with E-state index in [1.807, 2.05) is 39.0 Å². The maximum atomic E-state index is 13.2. The van der Waals surface area contributed by atoms with Crippen molar-refractivity contribution < 1.29 is 47.9 Å². The first-order chi connectivity index (χ1) is 22.1. The van der Waals surface area contributed by atoms with Crippen molar-refractivity contribution in [2.24, 2.45) is 17.8 Å². The number of hydrogen-bond donors (Lipinski definition) is 1. The van der Waals surface area contributed by atoms with E-state index in [1.54, 1.807) is 21.3 Å². The van der Waals surface area contributed by atoms with Gasteiger partial charge in [-0.3, -0.25) is 9.59 Å². The molecule has 46 heavy (non-hydrogen) atoms. The van der Waals surface area contributed by atoms with Gasteiger partial charge in [-0.25, -0.2) is 0 Å². The first-order valence-corrected chi connectivity index (χ1v) is 16.6. The van der Waals surface area contributed by atoms with Gasteiger partial charge >= 0.3 is 11.9 Å². The molecule has 10 nitrogen and oxygen atoms in total. The molecule has 4 aliphatic rings. The van der Waals surface area contributed by atoms with Gasteiger partial charge in [0.2, 0.25) is 6.29 Å². The number of benzene rings is 1. The third-order valence-corrected chi connectivity index (χ3v) is 10.3. The van der Waals surface area contributed by atoms with Crippen LogP contribution in [0.5, 0.6) is 5.75 Å². The van der Waals surface area contributed by atoms with Gasteiger partial charge in [0.1, 0.15) is 36.3 Å². The first kappa shape index (κ1) is 34.6. The summed E-state index contributed by atoms with van der Waals surface area (Å²) in [5.41, 5.74) is 2.86. The molecular formula is C36H50O10. The summed E-state index contributed by atoms with van der Waals surface area (Å²) in [6, 6.07) is 5.94. The van der Waals surface area contributed by atoms with E-state index >= 15 is 0 Å². The van der Waals surface area contributed by atoms with E-state index in [1.165, 1.54) is 6.92 Å². The topological polar surface area (TPSA) is 119 Å². The molecule has 0 saturated carbocycles. The van der Waals surface area contributed by atoms with Crippen LogP contribution in [-0.2, 0) is 38.0 Å². The minimum atomic E-state index is -0.880. The summed E-state index contributed by atoms with van der Waals surface area (Å²) in [5.74, 6) is -0.666. The molecule has 0 spiro atoms. The molecule has 2 saturated heterocycles. The summed E-state index contributed by atoms with van der Waals surface area (Å²) in [4.78, 5) is 25.2. The zero-order valence-corrected chi connectivity index (χ0v) is 28.0. The molecule has 0 unspecified atom stereocenters. The van der Waals surface area contributed by atoms with Gasteiger partial charge in [-0.1, -0.05) is 38.1 Å². The van der Waals surface area contributed by atoms with Crippen LogP contribution in [-0.4, -0.2) is 87.4 Å². The number of rotatable bonds is 7. The molecule has 2 aliphatic carbocycles. The van der Waals surface area contributed by atoms with Gasteiger partial charge in [0, 0.05) is 40.1 Å². The summed E-state index contributed by atoms with van der Waals surface area (Å²) in [6.07, 6.45) is 5.51. The number of esters is 2. The van der Waals surface area contributed by atoms with Crippen LogP contribution in [0.1, 0.15) is 76.8 Å². The minimum absolute atomic E-state index is 0.0345. The minimum Gasteiger partial charge on any atom is -0.462 e. The third-order valence-electron chi connectivity index (χ3n) is 10.3. The summed E-state index contributed by atoms with van der Waals surface area (Å²) >= 11 is 0. The Bertz CT molecular complexity index is 1290. The van der Waals surface area contributed by atoms with Crippen molar-refractivity contribution in [3.05, 3.63) is 47.1 Å². The van der Waals surface area contributed by atoms with E-state index in [-0.39, 0.29) is 66.4 Å². The van der Waals surface area contributed by atoms with E-state index in [2.05, 4.69) is 18.2 Å². The van der Waals surface area contributed by atoms with Crippen LogP contribution in [0.25, 0.3) is 6.08 Å². The standard InChI is InChI=1S/C36H50O10/c1-8-23-10-9-11-30(44-21(4)37)19(2)32(39)29-17-27-25-15-13-24(16-22(25)12-14-26(27)28(29)18-31(38)45-23)46-36-35(42-7)34(41-6)33(40-5)20(3)43-36/h12-17,19-20,23,26-28,30,32-36,39H,8-11,18H2,1-7H3/t19-,20+,23+,26+,27-,28-,30+,32+,33+,34-,35-,36+/m1/s1. The lowest BCUT2D eigenvalue weighted by Crippen LogP contribution is -2.60. The Morgan fingerprint density at radius 3 is 2.46 bits per heavy atom. The van der Waals surface area contributed by atoms with Gasteiger partial charge in [-0.2, -0.15) is 0 Å². The van der Waals surface area contributed by atoms with E-state index in [0.717, 1.165) is 23.1 Å². The molecule has 12 atom stereocenters. The second-order valence-electron chi connectivity index (χ2n) is 13.1. The Labute approximate surface area is 272 Å². The van der Waals surface area contributed by atoms with E-state index in [9.17, 15) is 14.7 Å². The molecule has 2 aliphatic heterocycles. The Balaban J connectivity index is 1.42. The number of fused-ring (bicyclic) bond motifs is 5. The quantitative estimate of drug-likeness (QED) is 0.323. The fraction of sp³-hybridized carbons (Fsp3) is 0.667. The van der Waals surface area contributed by atoms with Crippen molar-refractivity contribution in [2.75, 3.05) is 21.3 Å². The highest BCUT2D eigenvalue weighted by Gasteiger charge is 2.47. The monoisotopic (exact) mass is 642 g/mol. The maximum Gasteiger partial charge on any atom is 0.306 e. The highest BCUT2D eigenvalue weighted by molar-refractivity contribution is 5.72. The summed E-state index contributed by atoms with van der Waals surface area (Å²) in [5, 5.41) is 11.8. The van der Waals surface area contributed by atoms with Crippen molar-refractivity contribution in [3.63, 3.8) is 0 Å². The number of hydrogen-bond acceptors (Lipinski definition) is 10. The highest BCUT2D eigenvalue weighted by Crippen LogP contribution is 2.51. The number of allylic oxidation sites excluding steroid dienone is 2. The Kier molecular flexibility index (Phi) is 11.3. The normalized spacial score (nSPS) is 37.8. The molecule has 0 aromatic heterocycles. The Morgan fingerprint density at radius 1 is 1.04 bits per heavy atom. The van der Waals surface area contributed by atoms with Crippen molar-refractivity contribution >= 4 is 18.0 Å². The molecule has 2 heterocycles. The molecule has 0 amide bonds. The van der Waals surface area contributed by atoms with Crippen LogP contribution < -0.4 is 4.74 Å². The lowest BCUT2D eigenvalue weighted by atomic mass is 9.75. The summed E-state index contributed by atoms with van der Waals surface area (Å²) < 4.78 is 41.2. The summed E-state index contributed by atoms with van der Waals surface area (Å²) in [6.45, 7) is 7.26. The van der Waals surface area contributed by atoms with Crippen LogP contribution >= 0.6 is 0 Å². The SMILES string of the molecule is CC[C@H]1CCC[C@H](OC(C)=O)[C@@H](C)[C@H](O)C2=C[C@@H]3c4ccc(O[C@@H]5O[C@@H](C)[C@H](OC)[C@@H](OC)[C@H]5OC)cc4C=C[C@@H]3[C@H]2CC(=O)O1. The molecule has 2 fully saturated rings. The Hall–Kier alpha value is -2.76. The molecule has 1 aromatic rings. The van der Waals surface area contributed by atoms with Crippen molar-refractivity contribution in [1.29, 1.82) is 0 Å². The van der Waals surface area contributed by atoms with Gasteiger partial charge in [0.25, 0.3) is 0 Å². The van der Waals surface area contributed by atoms with Crippen molar-refractivity contribution in [1.82, 2.24) is 0 Å². The van der Waals surface area contributed by atoms with E-state index < -0.39 is 24.6 Å². The molecule has 10 heteroatoms. The van der Waals surface area contributed by atoms with Gasteiger partial charge in [0.15, 0.2) is 0 Å². The third kappa shape index (κ3) is 7.06. The smallest absolute Gasteiger partial charge is 0.306 e. The first-order valence-electron chi connectivity index (χ1n) is 16.6. The fourth-order valence-corrected chi connectivity index (χ4v) is 7.83. The lowest BCUT2D eigenvalue weighted by molar-refractivity contribution is -0.282. The van der Waals surface area contributed by atoms with Gasteiger partial charge in [-0.15, -0.1) is 0 Å². The predicted octanol–water partition coefficient (Wildman–Crippen LogP) is 4.96. The molecule has 0 bridgehead atoms. The zero-order chi connectivity index (χ0) is 33.1. The van der Waals surface area contributed by atoms with Crippen molar-refractivity contribution in [2.45, 2.75) is 115 Å². The predicted molar refractivity (Wildman–Crippen MR) is 170 cm³/mol. The second-order valence-corrected chi connectivity index (χ2v) is 13.1. The van der Waals surface area contributed by atoms with Crippen LogP contribution in [0, 0.1) is 17.8 Å². The Morgan fingerprint density at radius 2 is 1.78 bits per heavy atom. The molecule has 0 radical (unpaired) electrons. The number of ether oxygens (including phenoxy) is 7. The fourth-order valence-electron chi connectivity index (χ4n) is 7.83. The number of cyclic esters (lactones) is 1. The molecular weight excluding hydrogens is 592 g/mol. The molecule has 1 aromatic carbocycles. The number of aliphatic hydroxyl groups excluding tert-OH is 1. The maximum absolute atomic E-state index is 13.2. The van der Waals surface area contributed by atoms with Crippen LogP contribution in [0.4, 0.5) is 0 Å². The number of carbonyl (C=O) groups excluding carboxylic acids is 2. The molecule has 1 N–H and O–H groups in total. The van der Waals surface area contributed by atoms with E-state index in [4.69, 9.17) is 33.2 Å². The van der Waals surface area contributed by atoms with E-state index in [0.29, 0.717) is 25.0 Å². The zero-order valence-electron chi connectivity index (χ0n) is 28.0. The highest BCUT2D eigenvalue weighted by atomic mass is 16.7. The lowest BCUT2D eigenvalue weighted by Gasteiger charge is -2.43. The average Bonchev–Trinajstić information content (AvgIpc) is 3.40. The number of aliphatic hydroxyl groups is 1. The number of carbonyl (C=O) groups is 2. The largest absolute Gasteiger partial charge is 0.462 e. The second kappa shape index (κ2) is 15.0.